The summed E-state index contributed by atoms with van der Waals surface area (Å²) in [5.74, 6) is 0.488. The lowest BCUT2D eigenvalue weighted by atomic mass is 10.1. The van der Waals surface area contributed by atoms with Crippen LogP contribution in [-0.2, 0) is 6.54 Å². The molecule has 4 nitrogen and oxygen atoms in total. The van der Waals surface area contributed by atoms with Crippen LogP contribution in [0.3, 0.4) is 0 Å². The highest BCUT2D eigenvalue weighted by atomic mass is 16.3. The molecule has 2 aromatic rings. The van der Waals surface area contributed by atoms with E-state index in [0.717, 1.165) is 36.5 Å². The van der Waals surface area contributed by atoms with Crippen LogP contribution in [0.5, 0.6) is 0 Å². The fraction of sp³-hybridized carbons (Fsp3) is 0.400. The fourth-order valence-corrected chi connectivity index (χ4v) is 1.98. The SMILES string of the molecule is CC(CCO)CNCc1cc(-c2ccccc2)n[nH]1. The molecule has 1 atom stereocenters. The lowest BCUT2D eigenvalue weighted by Crippen LogP contribution is -2.21. The topological polar surface area (TPSA) is 60.9 Å². The van der Waals surface area contributed by atoms with Crippen LogP contribution in [0.25, 0.3) is 11.3 Å². The average Bonchev–Trinajstić information content (AvgIpc) is 2.89. The summed E-state index contributed by atoms with van der Waals surface area (Å²) >= 11 is 0. The number of H-pyrrole nitrogens is 1. The molecule has 1 aromatic heterocycles. The molecule has 0 aliphatic carbocycles. The van der Waals surface area contributed by atoms with E-state index in [0.29, 0.717) is 5.92 Å². The number of aliphatic hydroxyl groups is 1. The van der Waals surface area contributed by atoms with Gasteiger partial charge in [-0.15, -0.1) is 0 Å². The summed E-state index contributed by atoms with van der Waals surface area (Å²) in [5, 5.41) is 19.6. The minimum absolute atomic E-state index is 0.255. The third-order valence-electron chi connectivity index (χ3n) is 3.13. The van der Waals surface area contributed by atoms with Crippen molar-refractivity contribution < 1.29 is 5.11 Å². The molecule has 0 amide bonds. The smallest absolute Gasteiger partial charge is 0.0924 e. The molecule has 0 saturated heterocycles. The second-order valence-electron chi connectivity index (χ2n) is 4.89. The first-order valence-electron chi connectivity index (χ1n) is 6.71. The zero-order valence-electron chi connectivity index (χ0n) is 11.3. The molecule has 0 saturated carbocycles. The lowest BCUT2D eigenvalue weighted by molar-refractivity contribution is 0.260. The van der Waals surface area contributed by atoms with Crippen LogP contribution >= 0.6 is 0 Å². The second kappa shape index (κ2) is 7.07. The quantitative estimate of drug-likeness (QED) is 0.714. The number of benzene rings is 1. The van der Waals surface area contributed by atoms with Crippen LogP contribution in [0.4, 0.5) is 0 Å². The Labute approximate surface area is 113 Å². The molecule has 0 aliphatic heterocycles. The number of nitrogens with one attached hydrogen (secondary N) is 2. The molecular weight excluding hydrogens is 238 g/mol. The van der Waals surface area contributed by atoms with Crippen molar-refractivity contribution in [2.45, 2.75) is 19.9 Å². The lowest BCUT2D eigenvalue weighted by Gasteiger charge is -2.09. The Balaban J connectivity index is 1.85. The standard InChI is InChI=1S/C15H21N3O/c1-12(7-8-19)10-16-11-14-9-15(18-17-14)13-5-3-2-4-6-13/h2-6,9,12,16,19H,7-8,10-11H2,1H3,(H,17,18). The van der Waals surface area contributed by atoms with Crippen LogP contribution in [0.15, 0.2) is 36.4 Å². The van der Waals surface area contributed by atoms with Crippen molar-refractivity contribution in [2.24, 2.45) is 5.92 Å². The van der Waals surface area contributed by atoms with Gasteiger partial charge in [0.15, 0.2) is 0 Å². The molecule has 0 spiro atoms. The summed E-state index contributed by atoms with van der Waals surface area (Å²) in [6, 6.07) is 12.2. The third kappa shape index (κ3) is 4.19. The van der Waals surface area contributed by atoms with Crippen molar-refractivity contribution in [1.82, 2.24) is 15.5 Å². The van der Waals surface area contributed by atoms with Crippen molar-refractivity contribution in [3.8, 4) is 11.3 Å². The van der Waals surface area contributed by atoms with Crippen molar-refractivity contribution >= 4 is 0 Å². The Kier molecular flexibility index (Phi) is 5.12. The van der Waals surface area contributed by atoms with Gasteiger partial charge in [-0.1, -0.05) is 37.3 Å². The highest BCUT2D eigenvalue weighted by molar-refractivity contribution is 5.58. The van der Waals surface area contributed by atoms with Crippen LogP contribution in [-0.4, -0.2) is 28.5 Å². The van der Waals surface area contributed by atoms with Gasteiger partial charge in [-0.2, -0.15) is 5.10 Å². The minimum atomic E-state index is 0.255. The Morgan fingerprint density at radius 3 is 2.84 bits per heavy atom. The fourth-order valence-electron chi connectivity index (χ4n) is 1.98. The van der Waals surface area contributed by atoms with Crippen LogP contribution in [0.2, 0.25) is 0 Å². The number of hydrogen-bond donors (Lipinski definition) is 3. The van der Waals surface area contributed by atoms with Gasteiger partial charge in [-0.25, -0.2) is 0 Å². The maximum Gasteiger partial charge on any atom is 0.0924 e. The van der Waals surface area contributed by atoms with Crippen LogP contribution in [0.1, 0.15) is 19.0 Å². The molecule has 1 heterocycles. The summed E-state index contributed by atoms with van der Waals surface area (Å²) in [6.07, 6.45) is 0.839. The van der Waals surface area contributed by atoms with E-state index < -0.39 is 0 Å². The average molecular weight is 259 g/mol. The van der Waals surface area contributed by atoms with E-state index in [2.05, 4.69) is 40.6 Å². The van der Waals surface area contributed by atoms with E-state index in [1.807, 2.05) is 18.2 Å². The van der Waals surface area contributed by atoms with Gasteiger partial charge in [0.2, 0.25) is 0 Å². The summed E-state index contributed by atoms with van der Waals surface area (Å²) in [5.41, 5.74) is 3.18. The Hall–Kier alpha value is -1.65. The van der Waals surface area contributed by atoms with Gasteiger partial charge in [0.25, 0.3) is 0 Å². The molecule has 0 radical (unpaired) electrons. The Morgan fingerprint density at radius 1 is 1.32 bits per heavy atom. The van der Waals surface area contributed by atoms with E-state index in [9.17, 15) is 0 Å². The molecule has 19 heavy (non-hydrogen) atoms. The summed E-state index contributed by atoms with van der Waals surface area (Å²) in [4.78, 5) is 0. The molecule has 0 fully saturated rings. The van der Waals surface area contributed by atoms with E-state index >= 15 is 0 Å². The van der Waals surface area contributed by atoms with Gasteiger partial charge in [0, 0.05) is 24.4 Å². The van der Waals surface area contributed by atoms with Crippen molar-refractivity contribution in [3.63, 3.8) is 0 Å². The summed E-state index contributed by atoms with van der Waals surface area (Å²) in [7, 11) is 0. The molecule has 3 N–H and O–H groups in total. The first-order valence-corrected chi connectivity index (χ1v) is 6.71. The van der Waals surface area contributed by atoms with Crippen molar-refractivity contribution in [3.05, 3.63) is 42.1 Å². The largest absolute Gasteiger partial charge is 0.396 e. The van der Waals surface area contributed by atoms with Gasteiger partial charge in [0.05, 0.1) is 5.69 Å². The second-order valence-corrected chi connectivity index (χ2v) is 4.89. The van der Waals surface area contributed by atoms with Gasteiger partial charge < -0.3 is 10.4 Å². The Bertz CT molecular complexity index is 481. The molecule has 0 aliphatic rings. The molecule has 2 rings (SSSR count). The summed E-state index contributed by atoms with van der Waals surface area (Å²) in [6.45, 7) is 4.06. The Morgan fingerprint density at radius 2 is 2.11 bits per heavy atom. The first kappa shape index (κ1) is 13.8. The van der Waals surface area contributed by atoms with Crippen LogP contribution in [0, 0.1) is 5.92 Å². The number of nitrogens with zero attached hydrogens (tertiary/aromatic N) is 1. The highest BCUT2D eigenvalue weighted by Gasteiger charge is 2.04. The van der Waals surface area contributed by atoms with E-state index in [-0.39, 0.29) is 6.61 Å². The zero-order chi connectivity index (χ0) is 13.5. The van der Waals surface area contributed by atoms with Gasteiger partial charge >= 0.3 is 0 Å². The molecule has 1 unspecified atom stereocenters. The molecule has 4 heteroatoms. The van der Waals surface area contributed by atoms with Crippen LogP contribution < -0.4 is 5.32 Å². The van der Waals surface area contributed by atoms with E-state index in [1.54, 1.807) is 0 Å². The third-order valence-corrected chi connectivity index (χ3v) is 3.13. The molecule has 1 aromatic carbocycles. The molecule has 102 valence electrons. The first-order chi connectivity index (χ1) is 9.29. The number of hydrogen-bond acceptors (Lipinski definition) is 3. The molecular formula is C15H21N3O. The predicted octanol–water partition coefficient (Wildman–Crippen LogP) is 2.18. The normalized spacial score (nSPS) is 12.5. The minimum Gasteiger partial charge on any atom is -0.396 e. The number of rotatable bonds is 7. The van der Waals surface area contributed by atoms with Crippen molar-refractivity contribution in [2.75, 3.05) is 13.2 Å². The maximum atomic E-state index is 8.84. The monoisotopic (exact) mass is 259 g/mol. The molecule has 0 bridgehead atoms. The highest BCUT2D eigenvalue weighted by Crippen LogP contribution is 2.16. The van der Waals surface area contributed by atoms with E-state index in [4.69, 9.17) is 5.11 Å². The van der Waals surface area contributed by atoms with Crippen molar-refractivity contribution in [1.29, 1.82) is 0 Å². The van der Waals surface area contributed by atoms with Gasteiger partial charge in [-0.05, 0) is 24.9 Å². The number of aliphatic hydroxyl groups excluding tert-OH is 1. The zero-order valence-corrected chi connectivity index (χ0v) is 11.3. The van der Waals surface area contributed by atoms with Gasteiger partial charge in [-0.3, -0.25) is 5.10 Å². The van der Waals surface area contributed by atoms with E-state index in [1.165, 1.54) is 0 Å². The maximum absolute atomic E-state index is 8.84. The summed E-state index contributed by atoms with van der Waals surface area (Å²) < 4.78 is 0. The number of aromatic nitrogens is 2. The van der Waals surface area contributed by atoms with Gasteiger partial charge in [0.1, 0.15) is 0 Å². The number of aromatic amines is 1. The predicted molar refractivity (Wildman–Crippen MR) is 76.6 cm³/mol.